The van der Waals surface area contributed by atoms with Crippen LogP contribution in [0.25, 0.3) is 87.1 Å². The summed E-state index contributed by atoms with van der Waals surface area (Å²) in [6.45, 7) is 0. The minimum atomic E-state index is 0.738. The van der Waals surface area contributed by atoms with E-state index >= 15 is 0 Å². The van der Waals surface area contributed by atoms with Crippen LogP contribution < -0.4 is 0 Å². The van der Waals surface area contributed by atoms with Gasteiger partial charge >= 0.3 is 0 Å². The normalized spacial score (nSPS) is 12.1. The molecule has 0 N–H and O–H groups in total. The van der Waals surface area contributed by atoms with Crippen LogP contribution in [-0.4, -0.2) is 9.97 Å². The molecule has 48 heavy (non-hydrogen) atoms. The maximum atomic E-state index is 5.24. The largest absolute Gasteiger partial charge is 0.228 e. The van der Waals surface area contributed by atoms with Crippen molar-refractivity contribution in [2.75, 3.05) is 0 Å². The zero-order valence-corrected chi connectivity index (χ0v) is 26.8. The highest BCUT2D eigenvalue weighted by atomic mass is 32.1. The molecule has 0 saturated carbocycles. The van der Waals surface area contributed by atoms with Crippen LogP contribution in [0.2, 0.25) is 0 Å². The van der Waals surface area contributed by atoms with E-state index in [4.69, 9.17) is 9.97 Å². The van der Waals surface area contributed by atoms with Gasteiger partial charge in [0.15, 0.2) is 5.82 Å². The Morgan fingerprint density at radius 1 is 0.396 bits per heavy atom. The molecule has 0 unspecified atom stereocenters. The molecule has 1 aliphatic carbocycles. The molecule has 0 bridgehead atoms. The molecule has 0 amide bonds. The van der Waals surface area contributed by atoms with Crippen molar-refractivity contribution in [3.8, 4) is 56.2 Å². The Labute approximate surface area is 282 Å². The van der Waals surface area contributed by atoms with Gasteiger partial charge in [0.25, 0.3) is 0 Å². The maximum Gasteiger partial charge on any atom is 0.160 e. The SMILES string of the molecule is c1cc(-c2ccc3ccccc3c2)cc(-c2cc(-c3ccc4c(c3)Cc3ccccc3-4)nc(-c3ccc4c(c3)sc3ccccc34)n2)c1. The molecule has 1 aliphatic rings. The molecule has 2 aromatic heterocycles. The molecule has 2 nitrogen and oxygen atoms in total. The van der Waals surface area contributed by atoms with Gasteiger partial charge in [-0.2, -0.15) is 0 Å². The van der Waals surface area contributed by atoms with Crippen molar-refractivity contribution in [3.05, 3.63) is 169 Å². The fourth-order valence-electron chi connectivity index (χ4n) is 7.27. The van der Waals surface area contributed by atoms with Crippen molar-refractivity contribution in [1.82, 2.24) is 9.97 Å². The Hall–Kier alpha value is -5.90. The summed E-state index contributed by atoms with van der Waals surface area (Å²) in [5.74, 6) is 0.738. The second kappa shape index (κ2) is 10.8. The number of thiophene rings is 1. The summed E-state index contributed by atoms with van der Waals surface area (Å²) < 4.78 is 2.54. The summed E-state index contributed by atoms with van der Waals surface area (Å²) in [6.07, 6.45) is 0.945. The van der Waals surface area contributed by atoms with Gasteiger partial charge in [0.1, 0.15) is 0 Å². The molecule has 10 rings (SSSR count). The summed E-state index contributed by atoms with van der Waals surface area (Å²) in [5.41, 5.74) is 12.8. The first-order valence-electron chi connectivity index (χ1n) is 16.4. The molecule has 9 aromatic rings. The Kier molecular flexibility index (Phi) is 6.15. The van der Waals surface area contributed by atoms with Gasteiger partial charge in [-0.1, -0.05) is 121 Å². The number of aromatic nitrogens is 2. The third-order valence-corrected chi connectivity index (χ3v) is 10.8. The lowest BCUT2D eigenvalue weighted by Crippen LogP contribution is -1.96. The van der Waals surface area contributed by atoms with Gasteiger partial charge in [0, 0.05) is 36.9 Å². The van der Waals surface area contributed by atoms with E-state index in [1.54, 1.807) is 0 Å². The lowest BCUT2D eigenvalue weighted by atomic mass is 9.98. The van der Waals surface area contributed by atoms with E-state index in [2.05, 4.69) is 158 Å². The lowest BCUT2D eigenvalue weighted by molar-refractivity contribution is 1.18. The van der Waals surface area contributed by atoms with Gasteiger partial charge < -0.3 is 0 Å². The fourth-order valence-corrected chi connectivity index (χ4v) is 8.41. The van der Waals surface area contributed by atoms with Crippen LogP contribution in [-0.2, 0) is 6.42 Å². The Balaban J connectivity index is 1.13. The van der Waals surface area contributed by atoms with Gasteiger partial charge in [0.05, 0.1) is 11.4 Å². The van der Waals surface area contributed by atoms with E-state index in [0.717, 1.165) is 40.3 Å². The number of hydrogen-bond acceptors (Lipinski definition) is 3. The average Bonchev–Trinajstić information content (AvgIpc) is 3.72. The Morgan fingerprint density at radius 3 is 2.02 bits per heavy atom. The molecular weight excluding hydrogens is 601 g/mol. The molecular formula is C45H28N2S. The zero-order chi connectivity index (χ0) is 31.6. The lowest BCUT2D eigenvalue weighted by Gasteiger charge is -2.12. The molecule has 0 radical (unpaired) electrons. The molecule has 2 heterocycles. The first kappa shape index (κ1) is 27.2. The van der Waals surface area contributed by atoms with E-state index < -0.39 is 0 Å². The summed E-state index contributed by atoms with van der Waals surface area (Å²) in [7, 11) is 0. The van der Waals surface area contributed by atoms with E-state index in [0.29, 0.717) is 0 Å². The molecule has 0 fully saturated rings. The summed E-state index contributed by atoms with van der Waals surface area (Å²) >= 11 is 1.82. The molecule has 7 aromatic carbocycles. The number of rotatable bonds is 4. The van der Waals surface area contributed by atoms with Gasteiger partial charge in [-0.05, 0) is 87.0 Å². The predicted molar refractivity (Wildman–Crippen MR) is 202 cm³/mol. The van der Waals surface area contributed by atoms with Crippen molar-refractivity contribution in [1.29, 1.82) is 0 Å². The third kappa shape index (κ3) is 4.55. The van der Waals surface area contributed by atoms with Crippen molar-refractivity contribution < 1.29 is 0 Å². The standard InChI is InChI=1S/C45H28N2S/c1-2-9-29-22-31(17-16-28(29)8-1)30-11-7-12-33(23-30)41-27-42(34-18-20-38-36(25-34)24-32-10-3-4-13-37(32)38)47-45(46-41)35-19-21-40-39-14-5-6-15-43(39)48-44(40)26-35/h1-23,25-27H,24H2. The highest BCUT2D eigenvalue weighted by Crippen LogP contribution is 2.40. The molecule has 3 heteroatoms. The second-order valence-corrected chi connectivity index (χ2v) is 13.7. The number of nitrogens with zero attached hydrogens (tertiary/aromatic N) is 2. The van der Waals surface area contributed by atoms with Crippen LogP contribution in [0.1, 0.15) is 11.1 Å². The highest BCUT2D eigenvalue weighted by molar-refractivity contribution is 7.25. The minimum Gasteiger partial charge on any atom is -0.228 e. The molecule has 0 aliphatic heterocycles. The number of hydrogen-bond donors (Lipinski definition) is 0. The van der Waals surface area contributed by atoms with Crippen LogP contribution in [0.15, 0.2) is 158 Å². The molecule has 0 spiro atoms. The smallest absolute Gasteiger partial charge is 0.160 e. The summed E-state index contributed by atoms with van der Waals surface area (Å²) in [6, 6.07) is 56.9. The highest BCUT2D eigenvalue weighted by Gasteiger charge is 2.20. The second-order valence-electron chi connectivity index (χ2n) is 12.6. The van der Waals surface area contributed by atoms with E-state index in [1.807, 2.05) is 11.3 Å². The minimum absolute atomic E-state index is 0.738. The molecule has 224 valence electrons. The van der Waals surface area contributed by atoms with Crippen LogP contribution in [0.3, 0.4) is 0 Å². The van der Waals surface area contributed by atoms with Crippen LogP contribution >= 0.6 is 11.3 Å². The summed E-state index contributed by atoms with van der Waals surface area (Å²) in [5, 5.41) is 5.05. The van der Waals surface area contributed by atoms with Gasteiger partial charge in [-0.25, -0.2) is 9.97 Å². The van der Waals surface area contributed by atoms with Crippen LogP contribution in [0.4, 0.5) is 0 Å². The first-order valence-corrected chi connectivity index (χ1v) is 17.2. The number of benzene rings is 7. The van der Waals surface area contributed by atoms with Gasteiger partial charge in [-0.15, -0.1) is 11.3 Å². The van der Waals surface area contributed by atoms with Crippen LogP contribution in [0.5, 0.6) is 0 Å². The topological polar surface area (TPSA) is 25.8 Å². The van der Waals surface area contributed by atoms with Crippen molar-refractivity contribution in [2.45, 2.75) is 6.42 Å². The summed E-state index contributed by atoms with van der Waals surface area (Å²) in [4.78, 5) is 10.5. The first-order chi connectivity index (χ1) is 23.7. The van der Waals surface area contributed by atoms with Gasteiger partial charge in [-0.3, -0.25) is 0 Å². The van der Waals surface area contributed by atoms with Crippen LogP contribution in [0, 0.1) is 0 Å². The third-order valence-electron chi connectivity index (χ3n) is 9.69. The predicted octanol–water partition coefficient (Wildman–Crippen LogP) is 12.2. The average molecular weight is 629 g/mol. The van der Waals surface area contributed by atoms with Gasteiger partial charge in [0.2, 0.25) is 0 Å². The van der Waals surface area contributed by atoms with Crippen molar-refractivity contribution in [3.63, 3.8) is 0 Å². The molecule has 0 saturated heterocycles. The zero-order valence-electron chi connectivity index (χ0n) is 26.0. The maximum absolute atomic E-state index is 5.24. The fraction of sp³-hybridized carbons (Fsp3) is 0.0222. The van der Waals surface area contributed by atoms with E-state index in [1.165, 1.54) is 64.3 Å². The monoisotopic (exact) mass is 628 g/mol. The van der Waals surface area contributed by atoms with Crippen molar-refractivity contribution >= 4 is 42.3 Å². The van der Waals surface area contributed by atoms with E-state index in [9.17, 15) is 0 Å². The van der Waals surface area contributed by atoms with Crippen molar-refractivity contribution in [2.24, 2.45) is 0 Å². The van der Waals surface area contributed by atoms with E-state index in [-0.39, 0.29) is 0 Å². The number of fused-ring (bicyclic) bond motifs is 7. The Morgan fingerprint density at radius 2 is 1.08 bits per heavy atom. The molecule has 0 atom stereocenters. The quantitative estimate of drug-likeness (QED) is 0.194. The Bertz CT molecular complexity index is 2720.